The van der Waals surface area contributed by atoms with E-state index in [1.54, 1.807) is 48.5 Å². The van der Waals surface area contributed by atoms with Crippen LogP contribution in [-0.4, -0.2) is 44.1 Å². The van der Waals surface area contributed by atoms with E-state index < -0.39 is 11.9 Å². The number of fused-ring (bicyclic) bond motifs is 1. The van der Waals surface area contributed by atoms with Crippen molar-refractivity contribution in [3.05, 3.63) is 71.7 Å². The number of methoxy groups -OCH3 is 2. The topological polar surface area (TPSA) is 97.4 Å². The van der Waals surface area contributed by atoms with Gasteiger partial charge in [-0.05, 0) is 55.3 Å². The highest BCUT2D eigenvalue weighted by Crippen LogP contribution is 2.35. The van der Waals surface area contributed by atoms with Crippen LogP contribution in [0.15, 0.2) is 60.6 Å². The van der Waals surface area contributed by atoms with Gasteiger partial charge < -0.3 is 23.7 Å². The maximum absolute atomic E-state index is 12.9. The summed E-state index contributed by atoms with van der Waals surface area (Å²) in [6, 6.07) is 13.1. The van der Waals surface area contributed by atoms with Crippen LogP contribution in [0.4, 0.5) is 0 Å². The highest BCUT2D eigenvalue weighted by Gasteiger charge is 2.42. The van der Waals surface area contributed by atoms with Gasteiger partial charge in [-0.1, -0.05) is 6.07 Å². The molecule has 3 atom stereocenters. The van der Waals surface area contributed by atoms with E-state index in [1.165, 1.54) is 20.5 Å². The van der Waals surface area contributed by atoms with Gasteiger partial charge >= 0.3 is 11.9 Å². The molecular weight excluding hydrogens is 428 g/mol. The van der Waals surface area contributed by atoms with Crippen molar-refractivity contribution in [1.82, 2.24) is 0 Å². The SMILES string of the molecule is COC(=O)c1ccc(OC2=COC3CC(OC(=O)c4cccc(OC)c4)CCC3C2=O)cc1. The summed E-state index contributed by atoms with van der Waals surface area (Å²) >= 11 is 0. The van der Waals surface area contributed by atoms with Crippen LogP contribution in [-0.2, 0) is 19.0 Å². The van der Waals surface area contributed by atoms with Crippen molar-refractivity contribution >= 4 is 17.7 Å². The van der Waals surface area contributed by atoms with Gasteiger partial charge in [0.15, 0.2) is 0 Å². The lowest BCUT2D eigenvalue weighted by molar-refractivity contribution is -0.132. The minimum absolute atomic E-state index is 0.105. The molecule has 8 heteroatoms. The molecule has 0 saturated heterocycles. The number of hydrogen-bond acceptors (Lipinski definition) is 8. The van der Waals surface area contributed by atoms with Gasteiger partial charge in [0, 0.05) is 6.42 Å². The van der Waals surface area contributed by atoms with E-state index in [9.17, 15) is 14.4 Å². The molecule has 1 heterocycles. The van der Waals surface area contributed by atoms with E-state index in [4.69, 9.17) is 18.9 Å². The lowest BCUT2D eigenvalue weighted by Gasteiger charge is -2.36. The number of ether oxygens (including phenoxy) is 5. The molecule has 1 aliphatic heterocycles. The van der Waals surface area contributed by atoms with Gasteiger partial charge in [-0.15, -0.1) is 0 Å². The Kier molecular flexibility index (Phi) is 6.63. The molecule has 1 fully saturated rings. The van der Waals surface area contributed by atoms with Crippen molar-refractivity contribution in [2.45, 2.75) is 31.5 Å². The molecule has 3 unspecified atom stereocenters. The number of hydrogen-bond donors (Lipinski definition) is 0. The van der Waals surface area contributed by atoms with Gasteiger partial charge in [-0.25, -0.2) is 9.59 Å². The molecule has 2 aromatic rings. The number of esters is 2. The first-order chi connectivity index (χ1) is 16.0. The number of Topliss-reactive ketones (excluding diaryl/α,β-unsaturated/α-hetero) is 1. The van der Waals surface area contributed by atoms with E-state index in [2.05, 4.69) is 4.74 Å². The fourth-order valence-electron chi connectivity index (χ4n) is 3.99. The molecule has 0 amide bonds. The van der Waals surface area contributed by atoms with Crippen LogP contribution in [0.2, 0.25) is 0 Å². The second-order valence-electron chi connectivity index (χ2n) is 7.82. The van der Waals surface area contributed by atoms with Crippen molar-refractivity contribution in [1.29, 1.82) is 0 Å². The molecule has 33 heavy (non-hydrogen) atoms. The quantitative estimate of drug-likeness (QED) is 0.612. The fraction of sp³-hybridized carbons (Fsp3) is 0.320. The van der Waals surface area contributed by atoms with Gasteiger partial charge in [0.2, 0.25) is 11.5 Å². The second-order valence-corrected chi connectivity index (χ2v) is 7.82. The zero-order chi connectivity index (χ0) is 23.4. The van der Waals surface area contributed by atoms with E-state index in [0.29, 0.717) is 41.9 Å². The third-order valence-corrected chi connectivity index (χ3v) is 5.76. The Hall–Kier alpha value is -3.81. The smallest absolute Gasteiger partial charge is 0.338 e. The summed E-state index contributed by atoms with van der Waals surface area (Å²) in [5, 5.41) is 0. The highest BCUT2D eigenvalue weighted by atomic mass is 16.6. The second kappa shape index (κ2) is 9.77. The molecule has 0 bridgehead atoms. The lowest BCUT2D eigenvalue weighted by atomic mass is 9.80. The largest absolute Gasteiger partial charge is 0.497 e. The monoisotopic (exact) mass is 452 g/mol. The molecule has 8 nitrogen and oxygen atoms in total. The van der Waals surface area contributed by atoms with Gasteiger partial charge in [-0.2, -0.15) is 0 Å². The van der Waals surface area contributed by atoms with Crippen molar-refractivity contribution in [2.75, 3.05) is 14.2 Å². The summed E-state index contributed by atoms with van der Waals surface area (Å²) in [6.07, 6.45) is 2.06. The van der Waals surface area contributed by atoms with E-state index in [-0.39, 0.29) is 29.7 Å². The summed E-state index contributed by atoms with van der Waals surface area (Å²) in [6.45, 7) is 0. The maximum Gasteiger partial charge on any atom is 0.338 e. The summed E-state index contributed by atoms with van der Waals surface area (Å²) in [7, 11) is 2.84. The summed E-state index contributed by atoms with van der Waals surface area (Å²) in [4.78, 5) is 37.0. The van der Waals surface area contributed by atoms with Crippen LogP contribution in [0.1, 0.15) is 40.0 Å². The van der Waals surface area contributed by atoms with Crippen LogP contribution in [0, 0.1) is 5.92 Å². The zero-order valence-corrected chi connectivity index (χ0v) is 18.3. The predicted molar refractivity (Wildman–Crippen MR) is 116 cm³/mol. The van der Waals surface area contributed by atoms with Gasteiger partial charge in [0.25, 0.3) is 0 Å². The minimum atomic E-state index is -0.454. The molecule has 4 rings (SSSR count). The molecule has 2 aliphatic rings. The number of carbonyl (C=O) groups is 3. The number of carbonyl (C=O) groups excluding carboxylic acids is 3. The molecule has 0 N–H and O–H groups in total. The third kappa shape index (κ3) is 5.00. The lowest BCUT2D eigenvalue weighted by Crippen LogP contribution is -2.43. The van der Waals surface area contributed by atoms with Crippen LogP contribution >= 0.6 is 0 Å². The molecule has 172 valence electrons. The summed E-state index contributed by atoms with van der Waals surface area (Å²) in [5.41, 5.74) is 0.790. The normalized spacial score (nSPS) is 21.7. The summed E-state index contributed by atoms with van der Waals surface area (Å²) in [5.74, 6) is -0.322. The first kappa shape index (κ1) is 22.4. The fourth-order valence-corrected chi connectivity index (χ4v) is 3.99. The Morgan fingerprint density at radius 1 is 0.939 bits per heavy atom. The average molecular weight is 452 g/mol. The van der Waals surface area contributed by atoms with Gasteiger partial charge in [-0.3, -0.25) is 4.79 Å². The van der Waals surface area contributed by atoms with Crippen LogP contribution < -0.4 is 9.47 Å². The Bertz CT molecular complexity index is 1070. The Morgan fingerprint density at radius 3 is 2.45 bits per heavy atom. The first-order valence-corrected chi connectivity index (χ1v) is 10.6. The van der Waals surface area contributed by atoms with E-state index >= 15 is 0 Å². The third-order valence-electron chi connectivity index (χ3n) is 5.76. The van der Waals surface area contributed by atoms with E-state index in [1.807, 2.05) is 0 Å². The van der Waals surface area contributed by atoms with Crippen molar-refractivity contribution in [3.8, 4) is 11.5 Å². The molecule has 0 spiro atoms. The number of allylic oxidation sites excluding steroid dienone is 1. The molecule has 1 saturated carbocycles. The van der Waals surface area contributed by atoms with Crippen molar-refractivity contribution in [2.24, 2.45) is 5.92 Å². The van der Waals surface area contributed by atoms with Crippen LogP contribution in [0.25, 0.3) is 0 Å². The Balaban J connectivity index is 1.36. The average Bonchev–Trinajstić information content (AvgIpc) is 2.85. The summed E-state index contributed by atoms with van der Waals surface area (Å²) < 4.78 is 26.9. The van der Waals surface area contributed by atoms with Gasteiger partial charge in [0.05, 0.1) is 31.3 Å². The number of ketones is 1. The highest BCUT2D eigenvalue weighted by molar-refractivity contribution is 5.96. The Labute approximate surface area is 191 Å². The molecule has 0 aromatic heterocycles. The maximum atomic E-state index is 12.9. The zero-order valence-electron chi connectivity index (χ0n) is 18.3. The van der Waals surface area contributed by atoms with Crippen molar-refractivity contribution in [3.63, 3.8) is 0 Å². The van der Waals surface area contributed by atoms with E-state index in [0.717, 1.165) is 0 Å². The van der Waals surface area contributed by atoms with Crippen LogP contribution in [0.5, 0.6) is 11.5 Å². The van der Waals surface area contributed by atoms with Crippen LogP contribution in [0.3, 0.4) is 0 Å². The molecule has 2 aromatic carbocycles. The molecule has 1 aliphatic carbocycles. The Morgan fingerprint density at radius 2 is 1.73 bits per heavy atom. The number of rotatable bonds is 6. The first-order valence-electron chi connectivity index (χ1n) is 10.6. The predicted octanol–water partition coefficient (Wildman–Crippen LogP) is 3.70. The molecular formula is C25H24O8. The number of benzene rings is 2. The minimum Gasteiger partial charge on any atom is -0.497 e. The molecule has 0 radical (unpaired) electrons. The van der Waals surface area contributed by atoms with Gasteiger partial charge in [0.1, 0.15) is 30.0 Å². The van der Waals surface area contributed by atoms with Crippen molar-refractivity contribution < 1.29 is 38.1 Å². The standard InChI is InChI=1S/C25H24O8/c1-29-18-5-3-4-16(12-18)25(28)33-19-10-11-20-21(13-19)31-14-22(23(20)26)32-17-8-6-15(7-9-17)24(27)30-2/h3-9,12,14,19-21H,10-11,13H2,1-2H3.